The van der Waals surface area contributed by atoms with Gasteiger partial charge in [0.15, 0.2) is 17.4 Å². The number of aromatic nitrogens is 5. The number of methoxy groups -OCH3 is 1. The summed E-state index contributed by atoms with van der Waals surface area (Å²) in [6.07, 6.45) is 6.96. The predicted octanol–water partition coefficient (Wildman–Crippen LogP) is 5.66. The van der Waals surface area contributed by atoms with Crippen molar-refractivity contribution in [1.82, 2.24) is 24.7 Å². The van der Waals surface area contributed by atoms with Gasteiger partial charge in [-0.1, -0.05) is 32.9 Å². The molecule has 37 heavy (non-hydrogen) atoms. The van der Waals surface area contributed by atoms with Crippen molar-refractivity contribution >= 4 is 28.8 Å². The molecule has 4 aromatic rings. The summed E-state index contributed by atoms with van der Waals surface area (Å²) in [7, 11) is 3.42. The van der Waals surface area contributed by atoms with Crippen LogP contribution in [0.25, 0.3) is 11.4 Å². The molecular weight excluding hydrogens is 466 g/mol. The minimum atomic E-state index is 0.0179. The molecule has 3 aromatic heterocycles. The SMILES string of the molecule is COc1c(Nc2cc(Nc3ccc(C(C)(C)C)cn3)ncc2C(=O)C2CC2)cccc1-c1ncn(C)n1. The summed E-state index contributed by atoms with van der Waals surface area (Å²) >= 11 is 0. The van der Waals surface area contributed by atoms with Gasteiger partial charge in [-0.2, -0.15) is 5.10 Å². The molecule has 1 aromatic carbocycles. The van der Waals surface area contributed by atoms with Crippen LogP contribution in [0.5, 0.6) is 5.75 Å². The Balaban J connectivity index is 1.49. The Morgan fingerprint density at radius 1 is 1.00 bits per heavy atom. The zero-order chi connectivity index (χ0) is 26.2. The van der Waals surface area contributed by atoms with E-state index in [4.69, 9.17) is 4.74 Å². The second-order valence-electron chi connectivity index (χ2n) is 10.3. The monoisotopic (exact) mass is 497 g/mol. The normalized spacial score (nSPS) is 13.3. The first-order valence-electron chi connectivity index (χ1n) is 12.3. The van der Waals surface area contributed by atoms with E-state index in [1.54, 1.807) is 24.3 Å². The van der Waals surface area contributed by atoms with E-state index in [0.29, 0.717) is 40.1 Å². The van der Waals surface area contributed by atoms with E-state index in [9.17, 15) is 4.79 Å². The second-order valence-corrected chi connectivity index (χ2v) is 10.3. The number of anilines is 4. The van der Waals surface area contributed by atoms with Crippen LogP contribution in [0.1, 0.15) is 49.5 Å². The number of ether oxygens (including phenoxy) is 1. The summed E-state index contributed by atoms with van der Waals surface area (Å²) in [5.74, 6) is 2.54. The minimum Gasteiger partial charge on any atom is -0.494 e. The first-order valence-corrected chi connectivity index (χ1v) is 12.3. The van der Waals surface area contributed by atoms with Crippen molar-refractivity contribution in [3.8, 4) is 17.1 Å². The molecule has 1 aliphatic carbocycles. The molecule has 0 unspecified atom stereocenters. The molecule has 9 nitrogen and oxygen atoms in total. The van der Waals surface area contributed by atoms with Crippen LogP contribution in [0.2, 0.25) is 0 Å². The number of ketones is 1. The summed E-state index contributed by atoms with van der Waals surface area (Å²) in [6, 6.07) is 11.5. The van der Waals surface area contributed by atoms with E-state index in [-0.39, 0.29) is 17.1 Å². The molecule has 0 bridgehead atoms. The zero-order valence-electron chi connectivity index (χ0n) is 21.7. The number of nitrogens with zero attached hydrogens (tertiary/aromatic N) is 5. The molecule has 1 aliphatic rings. The zero-order valence-corrected chi connectivity index (χ0v) is 21.7. The van der Waals surface area contributed by atoms with Gasteiger partial charge in [0.25, 0.3) is 0 Å². The van der Waals surface area contributed by atoms with Crippen LogP contribution in [0.4, 0.5) is 23.0 Å². The van der Waals surface area contributed by atoms with Crippen LogP contribution in [0.15, 0.2) is 55.1 Å². The Kier molecular flexibility index (Phi) is 6.37. The highest BCUT2D eigenvalue weighted by Gasteiger charge is 2.32. The highest BCUT2D eigenvalue weighted by molar-refractivity contribution is 6.04. The van der Waals surface area contributed by atoms with Gasteiger partial charge in [-0.15, -0.1) is 0 Å². The molecule has 9 heteroatoms. The van der Waals surface area contributed by atoms with Crippen molar-refractivity contribution in [2.24, 2.45) is 13.0 Å². The Hall–Kier alpha value is -4.27. The summed E-state index contributed by atoms with van der Waals surface area (Å²) in [5.41, 5.74) is 3.80. The van der Waals surface area contributed by atoms with E-state index >= 15 is 0 Å². The van der Waals surface area contributed by atoms with Crippen LogP contribution in [0, 0.1) is 5.92 Å². The molecule has 1 saturated carbocycles. The summed E-state index contributed by atoms with van der Waals surface area (Å²) < 4.78 is 7.40. The summed E-state index contributed by atoms with van der Waals surface area (Å²) in [4.78, 5) is 26.5. The molecule has 1 fully saturated rings. The largest absolute Gasteiger partial charge is 0.494 e. The van der Waals surface area contributed by atoms with E-state index < -0.39 is 0 Å². The smallest absolute Gasteiger partial charge is 0.184 e. The third-order valence-corrected chi connectivity index (χ3v) is 6.33. The molecular formula is C28H31N7O2. The van der Waals surface area contributed by atoms with Gasteiger partial charge in [-0.05, 0) is 42.0 Å². The van der Waals surface area contributed by atoms with E-state index in [1.807, 2.05) is 43.6 Å². The Morgan fingerprint density at radius 3 is 2.41 bits per heavy atom. The molecule has 3 heterocycles. The van der Waals surface area contributed by atoms with Crippen molar-refractivity contribution in [1.29, 1.82) is 0 Å². The fraction of sp³-hybridized carbons (Fsp3) is 0.321. The summed E-state index contributed by atoms with van der Waals surface area (Å²) in [6.45, 7) is 6.46. The van der Waals surface area contributed by atoms with Gasteiger partial charge < -0.3 is 15.4 Å². The van der Waals surface area contributed by atoms with Gasteiger partial charge >= 0.3 is 0 Å². The maximum Gasteiger partial charge on any atom is 0.184 e. The van der Waals surface area contributed by atoms with Crippen LogP contribution in [-0.2, 0) is 12.5 Å². The quantitative estimate of drug-likeness (QED) is 0.300. The first-order chi connectivity index (χ1) is 17.7. The topological polar surface area (TPSA) is 107 Å². The number of carbonyl (C=O) groups excluding carboxylic acids is 1. The van der Waals surface area contributed by atoms with Crippen LogP contribution < -0.4 is 15.4 Å². The van der Waals surface area contributed by atoms with E-state index in [0.717, 1.165) is 24.0 Å². The lowest BCUT2D eigenvalue weighted by Gasteiger charge is -2.19. The fourth-order valence-electron chi connectivity index (χ4n) is 4.07. The van der Waals surface area contributed by atoms with Crippen molar-refractivity contribution in [3.63, 3.8) is 0 Å². The van der Waals surface area contributed by atoms with Crippen molar-refractivity contribution < 1.29 is 9.53 Å². The average molecular weight is 498 g/mol. The van der Waals surface area contributed by atoms with Gasteiger partial charge in [-0.3, -0.25) is 9.48 Å². The van der Waals surface area contributed by atoms with E-state index in [1.165, 1.54) is 0 Å². The number of para-hydroxylation sites is 1. The fourth-order valence-corrected chi connectivity index (χ4v) is 4.07. The number of hydrogen-bond acceptors (Lipinski definition) is 8. The van der Waals surface area contributed by atoms with Crippen LogP contribution in [-0.4, -0.2) is 37.6 Å². The van der Waals surface area contributed by atoms with Gasteiger partial charge in [0, 0.05) is 31.4 Å². The third-order valence-electron chi connectivity index (χ3n) is 6.33. The molecule has 0 aliphatic heterocycles. The Labute approximate surface area is 216 Å². The molecule has 2 N–H and O–H groups in total. The van der Waals surface area contributed by atoms with Gasteiger partial charge in [0.2, 0.25) is 0 Å². The number of rotatable bonds is 8. The lowest BCUT2D eigenvalue weighted by atomic mass is 9.88. The number of benzene rings is 1. The summed E-state index contributed by atoms with van der Waals surface area (Å²) in [5, 5.41) is 11.1. The van der Waals surface area contributed by atoms with Gasteiger partial charge in [0.1, 0.15) is 18.0 Å². The second kappa shape index (κ2) is 9.65. The lowest BCUT2D eigenvalue weighted by molar-refractivity contribution is 0.0968. The maximum absolute atomic E-state index is 13.1. The highest BCUT2D eigenvalue weighted by Crippen LogP contribution is 2.39. The van der Waals surface area contributed by atoms with Crippen molar-refractivity contribution in [2.45, 2.75) is 39.0 Å². The molecule has 0 atom stereocenters. The van der Waals surface area contributed by atoms with Crippen LogP contribution in [0.3, 0.4) is 0 Å². The maximum atomic E-state index is 13.1. The number of Topliss-reactive ketones (excluding diaryl/α,β-unsaturated/α-hetero) is 1. The molecule has 0 radical (unpaired) electrons. The standard InChI is InChI=1S/C28H31N7O2/c1-28(2,3)18-11-12-23(29-14-18)33-24-13-22(20(15-30-24)25(36)17-9-10-17)32-21-8-6-7-19(26(21)37-5)27-31-16-35(4)34-27/h6-8,11-17H,9-10H2,1-5H3,(H2,29,30,32,33). The molecule has 190 valence electrons. The number of hydrogen-bond donors (Lipinski definition) is 2. The van der Waals surface area contributed by atoms with Gasteiger partial charge in [-0.25, -0.2) is 15.0 Å². The Bertz CT molecular complexity index is 1430. The van der Waals surface area contributed by atoms with Crippen molar-refractivity contribution in [3.05, 3.63) is 66.2 Å². The van der Waals surface area contributed by atoms with Crippen LogP contribution >= 0.6 is 0 Å². The van der Waals surface area contributed by atoms with E-state index in [2.05, 4.69) is 57.5 Å². The number of carbonyl (C=O) groups is 1. The molecule has 5 rings (SSSR count). The van der Waals surface area contributed by atoms with Gasteiger partial charge in [0.05, 0.1) is 29.6 Å². The third kappa shape index (κ3) is 5.30. The lowest BCUT2D eigenvalue weighted by Crippen LogP contribution is -2.11. The predicted molar refractivity (Wildman–Crippen MR) is 144 cm³/mol. The average Bonchev–Trinajstić information content (AvgIpc) is 3.64. The number of aryl methyl sites for hydroxylation is 1. The number of pyridine rings is 2. The van der Waals surface area contributed by atoms with Crippen molar-refractivity contribution in [2.75, 3.05) is 17.7 Å². The Morgan fingerprint density at radius 2 is 1.78 bits per heavy atom. The molecule has 0 spiro atoms. The molecule has 0 saturated heterocycles. The minimum absolute atomic E-state index is 0.0179. The first kappa shape index (κ1) is 24.4. The molecule has 0 amide bonds. The number of nitrogens with one attached hydrogen (secondary N) is 2. The highest BCUT2D eigenvalue weighted by atomic mass is 16.5.